The fourth-order valence-electron chi connectivity index (χ4n) is 2.70. The summed E-state index contributed by atoms with van der Waals surface area (Å²) in [5.74, 6) is -0.640. The first-order chi connectivity index (χ1) is 10.1. The minimum absolute atomic E-state index is 0.207. The lowest BCUT2D eigenvalue weighted by molar-refractivity contribution is 0.0984. The number of hydrogen-bond acceptors (Lipinski definition) is 2. The molecule has 0 spiro atoms. The molecule has 0 aliphatic carbocycles. The van der Waals surface area contributed by atoms with Gasteiger partial charge in [0, 0.05) is 28.0 Å². The third-order valence-electron chi connectivity index (χ3n) is 3.64. The van der Waals surface area contributed by atoms with Crippen molar-refractivity contribution in [2.45, 2.75) is 12.8 Å². The number of rotatable bonds is 1. The van der Waals surface area contributed by atoms with Gasteiger partial charge in [0.2, 0.25) is 0 Å². The molecule has 108 valence electrons. The number of nitrogens with zero attached hydrogens (tertiary/aromatic N) is 1. The topological polar surface area (TPSA) is 46.3 Å². The van der Waals surface area contributed by atoms with Gasteiger partial charge in [0.05, 0.1) is 0 Å². The van der Waals surface area contributed by atoms with Gasteiger partial charge in [-0.05, 0) is 48.7 Å². The van der Waals surface area contributed by atoms with Gasteiger partial charge in [-0.1, -0.05) is 22.0 Å². The molecule has 3 nitrogen and oxygen atoms in total. The summed E-state index contributed by atoms with van der Waals surface area (Å²) in [5, 5.41) is 0. The van der Waals surface area contributed by atoms with E-state index in [1.165, 1.54) is 12.1 Å². The molecule has 2 N–H and O–H groups in total. The molecule has 5 heteroatoms. The molecule has 2 aromatic carbocycles. The maximum atomic E-state index is 13.5. The van der Waals surface area contributed by atoms with Crippen molar-refractivity contribution in [3.8, 4) is 0 Å². The summed E-state index contributed by atoms with van der Waals surface area (Å²) in [4.78, 5) is 14.4. The number of anilines is 2. The molecule has 0 aromatic heterocycles. The molecule has 1 amide bonds. The molecular weight excluding hydrogens is 335 g/mol. The molecule has 3 rings (SSSR count). The number of halogens is 2. The smallest absolute Gasteiger partial charge is 0.258 e. The van der Waals surface area contributed by atoms with Gasteiger partial charge in [0.1, 0.15) is 5.82 Å². The van der Waals surface area contributed by atoms with Crippen molar-refractivity contribution in [3.05, 3.63) is 57.8 Å². The third-order valence-corrected chi connectivity index (χ3v) is 4.10. The van der Waals surface area contributed by atoms with Crippen LogP contribution in [0.1, 0.15) is 22.3 Å². The minimum atomic E-state index is -0.433. The molecule has 0 atom stereocenters. The zero-order valence-electron chi connectivity index (χ0n) is 11.3. The summed E-state index contributed by atoms with van der Waals surface area (Å²) in [6.45, 7) is 0.615. The van der Waals surface area contributed by atoms with Gasteiger partial charge in [-0.15, -0.1) is 0 Å². The highest BCUT2D eigenvalue weighted by molar-refractivity contribution is 9.10. The molecule has 0 bridgehead atoms. The van der Waals surface area contributed by atoms with Gasteiger partial charge in [-0.3, -0.25) is 4.79 Å². The van der Waals surface area contributed by atoms with E-state index in [1.807, 2.05) is 18.2 Å². The highest BCUT2D eigenvalue weighted by Gasteiger charge is 2.25. The second kappa shape index (κ2) is 5.48. The van der Waals surface area contributed by atoms with Crippen LogP contribution in [0.5, 0.6) is 0 Å². The first-order valence-electron chi connectivity index (χ1n) is 6.71. The van der Waals surface area contributed by atoms with Crippen LogP contribution < -0.4 is 10.6 Å². The minimum Gasteiger partial charge on any atom is -0.398 e. The number of amides is 1. The van der Waals surface area contributed by atoms with E-state index in [0.29, 0.717) is 22.3 Å². The van der Waals surface area contributed by atoms with E-state index < -0.39 is 5.82 Å². The molecule has 0 fully saturated rings. The van der Waals surface area contributed by atoms with Crippen LogP contribution in [-0.4, -0.2) is 12.5 Å². The Hall–Kier alpha value is -1.88. The Balaban J connectivity index is 2.02. The van der Waals surface area contributed by atoms with E-state index in [2.05, 4.69) is 15.9 Å². The molecule has 0 saturated carbocycles. The Morgan fingerprint density at radius 2 is 2.10 bits per heavy atom. The summed E-state index contributed by atoms with van der Waals surface area (Å²) in [7, 11) is 0. The lowest BCUT2D eigenvalue weighted by atomic mass is 9.99. The highest BCUT2D eigenvalue weighted by Crippen LogP contribution is 2.32. The predicted molar refractivity (Wildman–Crippen MR) is 85.0 cm³/mol. The monoisotopic (exact) mass is 348 g/mol. The Morgan fingerprint density at radius 3 is 2.86 bits per heavy atom. The van der Waals surface area contributed by atoms with Crippen molar-refractivity contribution < 1.29 is 9.18 Å². The maximum Gasteiger partial charge on any atom is 0.258 e. The van der Waals surface area contributed by atoms with Crippen LogP contribution in [0.15, 0.2) is 40.9 Å². The van der Waals surface area contributed by atoms with Crippen molar-refractivity contribution in [1.29, 1.82) is 0 Å². The van der Waals surface area contributed by atoms with Gasteiger partial charge < -0.3 is 10.6 Å². The average Bonchev–Trinajstić information content (AvgIpc) is 2.45. The lowest BCUT2D eigenvalue weighted by Crippen LogP contribution is -2.35. The Bertz CT molecular complexity index is 697. The summed E-state index contributed by atoms with van der Waals surface area (Å²) in [6, 6.07) is 9.78. The van der Waals surface area contributed by atoms with Crippen LogP contribution >= 0.6 is 15.9 Å². The number of carbonyl (C=O) groups excluding carboxylic acids is 1. The number of nitrogens with two attached hydrogens (primary N) is 1. The Morgan fingerprint density at radius 1 is 1.29 bits per heavy atom. The summed E-state index contributed by atoms with van der Waals surface area (Å²) in [6.07, 6.45) is 1.71. The molecule has 0 unspecified atom stereocenters. The number of fused-ring (bicyclic) bond motifs is 1. The van der Waals surface area contributed by atoms with E-state index in [-0.39, 0.29) is 5.91 Å². The standard InChI is InChI=1S/C16H14BrFN2O/c17-11-7-10(8-12(18)9-11)16(21)20-6-2-3-13-14(19)4-1-5-15(13)20/h1,4-5,7-9H,2-3,6,19H2. The first kappa shape index (κ1) is 14.1. The van der Waals surface area contributed by atoms with Gasteiger partial charge in [-0.25, -0.2) is 4.39 Å². The van der Waals surface area contributed by atoms with Crippen molar-refractivity contribution in [1.82, 2.24) is 0 Å². The fourth-order valence-corrected chi connectivity index (χ4v) is 3.16. The Kier molecular flexibility index (Phi) is 3.68. The van der Waals surface area contributed by atoms with Crippen LogP contribution in [0.4, 0.5) is 15.8 Å². The maximum absolute atomic E-state index is 13.5. The molecule has 0 saturated heterocycles. The van der Waals surface area contributed by atoms with Crippen LogP contribution in [0.2, 0.25) is 0 Å². The van der Waals surface area contributed by atoms with E-state index in [1.54, 1.807) is 11.0 Å². The van der Waals surface area contributed by atoms with Crippen LogP contribution in [-0.2, 0) is 6.42 Å². The SMILES string of the molecule is Nc1cccc2c1CCCN2C(=O)c1cc(F)cc(Br)c1. The predicted octanol–water partition coefficient (Wildman–Crippen LogP) is 3.76. The van der Waals surface area contributed by atoms with Crippen molar-refractivity contribution >= 4 is 33.2 Å². The average molecular weight is 349 g/mol. The number of hydrogen-bond donors (Lipinski definition) is 1. The number of carbonyl (C=O) groups is 1. The van der Waals surface area contributed by atoms with Crippen LogP contribution in [0, 0.1) is 5.82 Å². The molecule has 1 aliphatic heterocycles. The number of benzene rings is 2. The van der Waals surface area contributed by atoms with Gasteiger partial charge in [0.25, 0.3) is 5.91 Å². The van der Waals surface area contributed by atoms with Gasteiger partial charge in [-0.2, -0.15) is 0 Å². The second-order valence-electron chi connectivity index (χ2n) is 5.06. The lowest BCUT2D eigenvalue weighted by Gasteiger charge is -2.30. The van der Waals surface area contributed by atoms with Crippen molar-refractivity contribution in [2.75, 3.05) is 17.2 Å². The zero-order valence-corrected chi connectivity index (χ0v) is 12.9. The largest absolute Gasteiger partial charge is 0.398 e. The molecule has 0 radical (unpaired) electrons. The van der Waals surface area contributed by atoms with Gasteiger partial charge in [0.15, 0.2) is 0 Å². The van der Waals surface area contributed by atoms with Gasteiger partial charge >= 0.3 is 0 Å². The fraction of sp³-hybridized carbons (Fsp3) is 0.188. The highest BCUT2D eigenvalue weighted by atomic mass is 79.9. The summed E-state index contributed by atoms with van der Waals surface area (Å²) >= 11 is 3.22. The molecule has 21 heavy (non-hydrogen) atoms. The summed E-state index contributed by atoms with van der Waals surface area (Å²) in [5.41, 5.74) is 8.83. The number of nitrogen functional groups attached to an aromatic ring is 1. The van der Waals surface area contributed by atoms with Crippen LogP contribution in [0.3, 0.4) is 0 Å². The Labute approximate surface area is 130 Å². The third kappa shape index (κ3) is 2.65. The normalized spacial score (nSPS) is 13.9. The molecule has 1 heterocycles. The first-order valence-corrected chi connectivity index (χ1v) is 7.51. The quantitative estimate of drug-likeness (QED) is 0.797. The molecule has 1 aliphatic rings. The zero-order chi connectivity index (χ0) is 15.0. The summed E-state index contributed by atoms with van der Waals surface area (Å²) < 4.78 is 14.0. The van der Waals surface area contributed by atoms with Crippen molar-refractivity contribution in [2.24, 2.45) is 0 Å². The van der Waals surface area contributed by atoms with Crippen LogP contribution in [0.25, 0.3) is 0 Å². The second-order valence-corrected chi connectivity index (χ2v) is 5.98. The van der Waals surface area contributed by atoms with E-state index in [0.717, 1.165) is 24.1 Å². The van der Waals surface area contributed by atoms with Crippen molar-refractivity contribution in [3.63, 3.8) is 0 Å². The van der Waals surface area contributed by atoms with E-state index in [4.69, 9.17) is 5.73 Å². The molecular formula is C16H14BrFN2O. The van der Waals surface area contributed by atoms with E-state index in [9.17, 15) is 9.18 Å². The van der Waals surface area contributed by atoms with E-state index >= 15 is 0 Å². The molecule has 2 aromatic rings.